The van der Waals surface area contributed by atoms with Crippen molar-refractivity contribution < 1.29 is 9.53 Å². The van der Waals surface area contributed by atoms with Crippen LogP contribution in [0.25, 0.3) is 0 Å². The first-order valence-corrected chi connectivity index (χ1v) is 8.31. The van der Waals surface area contributed by atoms with Crippen LogP contribution in [0.5, 0.6) is 0 Å². The molecule has 20 heavy (non-hydrogen) atoms. The van der Waals surface area contributed by atoms with E-state index in [1.165, 1.54) is 25.7 Å². The number of hydrogen-bond donors (Lipinski definition) is 2. The van der Waals surface area contributed by atoms with Gasteiger partial charge in [-0.25, -0.2) is 0 Å². The lowest BCUT2D eigenvalue weighted by Crippen LogP contribution is -2.35. The van der Waals surface area contributed by atoms with Crippen molar-refractivity contribution in [3.63, 3.8) is 0 Å². The van der Waals surface area contributed by atoms with Crippen LogP contribution in [-0.4, -0.2) is 38.8 Å². The Morgan fingerprint density at radius 3 is 2.95 bits per heavy atom. The predicted molar refractivity (Wildman–Crippen MR) is 80.5 cm³/mol. The SMILES string of the molecule is CC(CC(=O)NCCCOCC1CC1)C1CCCNC1. The van der Waals surface area contributed by atoms with Gasteiger partial charge in [0, 0.05) is 26.2 Å². The van der Waals surface area contributed by atoms with Crippen LogP contribution in [0.4, 0.5) is 0 Å². The monoisotopic (exact) mass is 282 g/mol. The summed E-state index contributed by atoms with van der Waals surface area (Å²) in [6.45, 7) is 6.85. The van der Waals surface area contributed by atoms with Crippen LogP contribution in [0.1, 0.15) is 45.4 Å². The Morgan fingerprint density at radius 2 is 2.25 bits per heavy atom. The van der Waals surface area contributed by atoms with Crippen molar-refractivity contribution >= 4 is 5.91 Å². The average molecular weight is 282 g/mol. The average Bonchev–Trinajstić information content (AvgIpc) is 3.27. The second-order valence-electron chi connectivity index (χ2n) is 6.51. The molecule has 2 unspecified atom stereocenters. The summed E-state index contributed by atoms with van der Waals surface area (Å²) in [4.78, 5) is 11.9. The van der Waals surface area contributed by atoms with E-state index in [4.69, 9.17) is 4.74 Å². The van der Waals surface area contributed by atoms with E-state index in [1.807, 2.05) is 0 Å². The highest BCUT2D eigenvalue weighted by Gasteiger charge is 2.22. The molecule has 0 radical (unpaired) electrons. The van der Waals surface area contributed by atoms with Gasteiger partial charge in [-0.2, -0.15) is 0 Å². The van der Waals surface area contributed by atoms with Crippen molar-refractivity contribution in [2.75, 3.05) is 32.8 Å². The lowest BCUT2D eigenvalue weighted by Gasteiger charge is -2.28. The molecule has 1 aliphatic heterocycles. The van der Waals surface area contributed by atoms with Gasteiger partial charge in [0.1, 0.15) is 0 Å². The Labute approximate surface area is 123 Å². The van der Waals surface area contributed by atoms with Crippen LogP contribution in [0, 0.1) is 17.8 Å². The van der Waals surface area contributed by atoms with Gasteiger partial charge in [0.25, 0.3) is 0 Å². The van der Waals surface area contributed by atoms with E-state index in [2.05, 4.69) is 17.6 Å². The van der Waals surface area contributed by atoms with Crippen molar-refractivity contribution in [3.8, 4) is 0 Å². The number of nitrogens with one attached hydrogen (secondary N) is 2. The summed E-state index contributed by atoms with van der Waals surface area (Å²) in [5, 5.41) is 6.44. The van der Waals surface area contributed by atoms with Crippen LogP contribution in [0.15, 0.2) is 0 Å². The van der Waals surface area contributed by atoms with Gasteiger partial charge in [-0.3, -0.25) is 4.79 Å². The summed E-state index contributed by atoms with van der Waals surface area (Å²) >= 11 is 0. The lowest BCUT2D eigenvalue weighted by molar-refractivity contribution is -0.122. The first-order valence-electron chi connectivity index (χ1n) is 8.31. The Balaban J connectivity index is 1.46. The van der Waals surface area contributed by atoms with Crippen LogP contribution < -0.4 is 10.6 Å². The third-order valence-corrected chi connectivity index (χ3v) is 4.49. The molecule has 1 saturated heterocycles. The number of carbonyl (C=O) groups excluding carboxylic acids is 1. The molecule has 0 bridgehead atoms. The van der Waals surface area contributed by atoms with Gasteiger partial charge in [0.15, 0.2) is 0 Å². The summed E-state index contributed by atoms with van der Waals surface area (Å²) in [5.41, 5.74) is 0. The van der Waals surface area contributed by atoms with Gasteiger partial charge in [0.2, 0.25) is 5.91 Å². The van der Waals surface area contributed by atoms with Crippen LogP contribution in [-0.2, 0) is 9.53 Å². The van der Waals surface area contributed by atoms with Crippen molar-refractivity contribution in [1.82, 2.24) is 10.6 Å². The van der Waals surface area contributed by atoms with Gasteiger partial charge in [-0.05, 0) is 62.9 Å². The van der Waals surface area contributed by atoms with Gasteiger partial charge >= 0.3 is 0 Å². The second-order valence-corrected chi connectivity index (χ2v) is 6.51. The Morgan fingerprint density at radius 1 is 1.40 bits per heavy atom. The fourth-order valence-corrected chi connectivity index (χ4v) is 2.83. The molecule has 2 atom stereocenters. The molecule has 2 fully saturated rings. The van der Waals surface area contributed by atoms with Gasteiger partial charge in [0.05, 0.1) is 0 Å². The zero-order valence-corrected chi connectivity index (χ0v) is 12.8. The molecule has 0 aromatic heterocycles. The molecule has 116 valence electrons. The van der Waals surface area contributed by atoms with E-state index >= 15 is 0 Å². The number of amides is 1. The summed E-state index contributed by atoms with van der Waals surface area (Å²) in [6, 6.07) is 0. The number of rotatable bonds is 9. The second kappa shape index (κ2) is 8.63. The smallest absolute Gasteiger partial charge is 0.220 e. The fourth-order valence-electron chi connectivity index (χ4n) is 2.83. The van der Waals surface area contributed by atoms with Gasteiger partial charge < -0.3 is 15.4 Å². The topological polar surface area (TPSA) is 50.4 Å². The zero-order valence-electron chi connectivity index (χ0n) is 12.8. The van der Waals surface area contributed by atoms with E-state index in [9.17, 15) is 4.79 Å². The number of carbonyl (C=O) groups is 1. The molecule has 1 heterocycles. The van der Waals surface area contributed by atoms with Gasteiger partial charge in [-0.15, -0.1) is 0 Å². The molecule has 0 aromatic rings. The molecule has 4 nitrogen and oxygen atoms in total. The third kappa shape index (κ3) is 6.23. The maximum Gasteiger partial charge on any atom is 0.220 e. The zero-order chi connectivity index (χ0) is 14.2. The maximum atomic E-state index is 11.9. The lowest BCUT2D eigenvalue weighted by atomic mass is 9.85. The number of ether oxygens (including phenoxy) is 1. The molecule has 4 heteroatoms. The van der Waals surface area contributed by atoms with E-state index < -0.39 is 0 Å². The molecular weight excluding hydrogens is 252 g/mol. The van der Waals surface area contributed by atoms with Crippen LogP contribution in [0.3, 0.4) is 0 Å². The van der Waals surface area contributed by atoms with Crippen molar-refractivity contribution in [1.29, 1.82) is 0 Å². The maximum absolute atomic E-state index is 11.9. The fraction of sp³-hybridized carbons (Fsp3) is 0.938. The summed E-state index contributed by atoms with van der Waals surface area (Å²) < 4.78 is 5.56. The number of hydrogen-bond acceptors (Lipinski definition) is 3. The van der Waals surface area contributed by atoms with Crippen LogP contribution in [0.2, 0.25) is 0 Å². The summed E-state index contributed by atoms with van der Waals surface area (Å²) in [7, 11) is 0. The minimum Gasteiger partial charge on any atom is -0.381 e. The number of piperidine rings is 1. The Kier molecular flexibility index (Phi) is 6.80. The first-order chi connectivity index (χ1) is 9.75. The molecular formula is C16H30N2O2. The van der Waals surface area contributed by atoms with E-state index in [1.54, 1.807) is 0 Å². The van der Waals surface area contributed by atoms with E-state index in [-0.39, 0.29) is 5.91 Å². The highest BCUT2D eigenvalue weighted by atomic mass is 16.5. The standard InChI is InChI=1S/C16H30N2O2/c1-13(15-4-2-7-17-11-15)10-16(19)18-8-3-9-20-12-14-5-6-14/h13-15,17H,2-12H2,1H3,(H,18,19). The first kappa shape index (κ1) is 15.8. The third-order valence-electron chi connectivity index (χ3n) is 4.49. The Hall–Kier alpha value is -0.610. The molecule has 0 spiro atoms. The molecule has 1 aliphatic carbocycles. The minimum absolute atomic E-state index is 0.199. The largest absolute Gasteiger partial charge is 0.381 e. The van der Waals surface area contributed by atoms with Crippen molar-refractivity contribution in [3.05, 3.63) is 0 Å². The molecule has 2 aliphatic rings. The Bertz CT molecular complexity index is 286. The summed E-state index contributed by atoms with van der Waals surface area (Å²) in [6.07, 6.45) is 6.77. The highest BCUT2D eigenvalue weighted by molar-refractivity contribution is 5.76. The van der Waals surface area contributed by atoms with E-state index in [0.717, 1.165) is 45.2 Å². The molecule has 1 saturated carbocycles. The molecule has 1 amide bonds. The van der Waals surface area contributed by atoms with E-state index in [0.29, 0.717) is 18.3 Å². The van der Waals surface area contributed by atoms with Gasteiger partial charge in [-0.1, -0.05) is 6.92 Å². The van der Waals surface area contributed by atoms with Crippen molar-refractivity contribution in [2.45, 2.75) is 45.4 Å². The van der Waals surface area contributed by atoms with Crippen molar-refractivity contribution in [2.24, 2.45) is 17.8 Å². The minimum atomic E-state index is 0.199. The quantitative estimate of drug-likeness (QED) is 0.636. The van der Waals surface area contributed by atoms with Crippen LogP contribution >= 0.6 is 0 Å². The molecule has 0 aromatic carbocycles. The normalized spacial score (nSPS) is 24.4. The highest BCUT2D eigenvalue weighted by Crippen LogP contribution is 2.28. The molecule has 2 N–H and O–H groups in total. The summed E-state index contributed by atoms with van der Waals surface area (Å²) in [5.74, 6) is 2.17. The predicted octanol–water partition coefficient (Wildman–Crippen LogP) is 1.95. The molecule has 2 rings (SSSR count).